The Morgan fingerprint density at radius 2 is 1.51 bits per heavy atom. The molecule has 3 aromatic carbocycles. The highest BCUT2D eigenvalue weighted by Gasteiger charge is 2.39. The Morgan fingerprint density at radius 1 is 0.867 bits per heavy atom. The summed E-state index contributed by atoms with van der Waals surface area (Å²) in [6.07, 6.45) is -7.98. The number of ether oxygens (including phenoxy) is 1. The highest BCUT2D eigenvalue weighted by molar-refractivity contribution is 7.51. The normalized spacial score (nSPS) is 13.2. The van der Waals surface area contributed by atoms with E-state index in [0.717, 1.165) is 47.7 Å². The zero-order valence-electron chi connectivity index (χ0n) is 23.6. The van der Waals surface area contributed by atoms with Crippen molar-refractivity contribution in [2.75, 3.05) is 0 Å². The van der Waals surface area contributed by atoms with Gasteiger partial charge in [-0.1, -0.05) is 35.9 Å². The second-order valence-electron chi connectivity index (χ2n) is 10.3. The van der Waals surface area contributed by atoms with Gasteiger partial charge in [0.2, 0.25) is 0 Å². The lowest BCUT2D eigenvalue weighted by Crippen LogP contribution is -2.16. The third kappa shape index (κ3) is 7.33. The van der Waals surface area contributed by atoms with E-state index in [4.69, 9.17) is 12.8 Å². The van der Waals surface area contributed by atoms with Crippen molar-refractivity contribution >= 4 is 11.6 Å². The Morgan fingerprint density at radius 3 is 2.11 bits per heavy atom. The summed E-state index contributed by atoms with van der Waals surface area (Å²) in [4.78, 5) is 4.49. The Kier molecular flexibility index (Phi) is 8.70. The number of alkyl halides is 6. The molecule has 0 saturated heterocycles. The van der Waals surface area contributed by atoms with Gasteiger partial charge in [0.25, 0.3) is 0 Å². The van der Waals surface area contributed by atoms with Crippen LogP contribution in [-0.4, -0.2) is 29.5 Å². The Bertz CT molecular complexity index is 1870. The van der Waals surface area contributed by atoms with Gasteiger partial charge in [0.05, 0.1) is 5.69 Å². The number of aryl methyl sites for hydroxylation is 2. The Hall–Kier alpha value is -4.72. The van der Waals surface area contributed by atoms with E-state index in [0.29, 0.717) is 28.2 Å². The predicted molar refractivity (Wildman–Crippen MR) is 152 cm³/mol. The highest BCUT2D eigenvalue weighted by Crippen LogP contribution is 2.45. The second kappa shape index (κ2) is 12.3. The molecule has 0 spiro atoms. The van der Waals surface area contributed by atoms with Gasteiger partial charge in [-0.2, -0.15) is 26.7 Å². The van der Waals surface area contributed by atoms with Gasteiger partial charge in [-0.25, -0.2) is 9.67 Å². The molecule has 0 unspecified atom stereocenters. The minimum Gasteiger partial charge on any atom is -0.440 e. The standard InChI is InChI=1S/C31H23F6N3O2.O2S/c1-17-4-3-5-21(14-17)22-10-13-25(40-26(19-6-7-19)16-27(39-40)30(32,33)34)24(15-22)29-28(38-18(2)41-29)20-8-11-23(12-9-20)42-31(35,36)37;1-3-2/h3-5,8-16,19H,6-7H2,1-2H3;. The van der Waals surface area contributed by atoms with Crippen LogP contribution >= 0.6 is 0 Å². The summed E-state index contributed by atoms with van der Waals surface area (Å²) in [6.45, 7) is 3.57. The molecule has 1 aliphatic carbocycles. The average molecular weight is 648 g/mol. The molecule has 7 nitrogen and oxygen atoms in total. The van der Waals surface area contributed by atoms with Crippen molar-refractivity contribution in [1.82, 2.24) is 14.8 Å². The van der Waals surface area contributed by atoms with Crippen LogP contribution in [0.4, 0.5) is 26.3 Å². The number of oxazole rings is 1. The van der Waals surface area contributed by atoms with Crippen LogP contribution in [0.15, 0.2) is 77.2 Å². The van der Waals surface area contributed by atoms with Crippen LogP contribution in [0.25, 0.3) is 39.4 Å². The summed E-state index contributed by atoms with van der Waals surface area (Å²) in [5.41, 5.74) is 3.67. The number of aromatic nitrogens is 3. The van der Waals surface area contributed by atoms with Gasteiger partial charge in [0.1, 0.15) is 11.4 Å². The summed E-state index contributed by atoms with van der Waals surface area (Å²) < 4.78 is 107. The molecule has 0 amide bonds. The first-order valence-corrected chi connectivity index (χ1v) is 14.1. The van der Waals surface area contributed by atoms with E-state index in [1.54, 1.807) is 19.1 Å². The molecule has 0 N–H and O–H groups in total. The second-order valence-corrected chi connectivity index (χ2v) is 10.4. The molecule has 5 aromatic rings. The minimum absolute atomic E-state index is 0.0602. The number of benzene rings is 3. The SMILES string of the molecule is Cc1cccc(-c2ccc(-n3nc(C(F)(F)F)cc3C3CC3)c(-c3oc(C)nc3-c3ccc(OC(F)(F)F)cc3)c2)c1.O=S=O. The first kappa shape index (κ1) is 31.7. The number of hydrogen-bond donors (Lipinski definition) is 0. The molecule has 2 aromatic heterocycles. The fraction of sp³-hybridized carbons (Fsp3) is 0.226. The molecule has 0 radical (unpaired) electrons. The van der Waals surface area contributed by atoms with E-state index in [9.17, 15) is 26.3 Å². The van der Waals surface area contributed by atoms with Gasteiger partial charge in [-0.15, -0.1) is 13.2 Å². The van der Waals surface area contributed by atoms with Gasteiger partial charge in [-0.3, -0.25) is 0 Å². The van der Waals surface area contributed by atoms with Crippen molar-refractivity contribution < 1.29 is 43.9 Å². The third-order valence-corrected chi connectivity index (χ3v) is 6.94. The van der Waals surface area contributed by atoms with Gasteiger partial charge in [0, 0.05) is 29.7 Å². The zero-order valence-corrected chi connectivity index (χ0v) is 24.4. The van der Waals surface area contributed by atoms with E-state index in [2.05, 4.69) is 14.8 Å². The molecule has 45 heavy (non-hydrogen) atoms. The number of hydrogen-bond acceptors (Lipinski definition) is 6. The lowest BCUT2D eigenvalue weighted by molar-refractivity contribution is -0.274. The van der Waals surface area contributed by atoms with E-state index in [-0.39, 0.29) is 17.6 Å². The van der Waals surface area contributed by atoms with Crippen molar-refractivity contribution in [3.8, 4) is 45.1 Å². The van der Waals surface area contributed by atoms with E-state index < -0.39 is 35.6 Å². The number of rotatable bonds is 6. The first-order chi connectivity index (χ1) is 21.3. The summed E-state index contributed by atoms with van der Waals surface area (Å²) in [7, 11) is 0. The quantitative estimate of drug-likeness (QED) is 0.172. The molecule has 0 atom stereocenters. The van der Waals surface area contributed by atoms with Crippen molar-refractivity contribution in [1.29, 1.82) is 0 Å². The van der Waals surface area contributed by atoms with Crippen LogP contribution in [0.5, 0.6) is 5.75 Å². The van der Waals surface area contributed by atoms with Crippen LogP contribution in [0, 0.1) is 13.8 Å². The molecular formula is C31H23F6N3O4S. The Balaban J connectivity index is 0.00000128. The number of nitrogens with zero attached hydrogens (tertiary/aromatic N) is 3. The predicted octanol–water partition coefficient (Wildman–Crippen LogP) is 8.60. The highest BCUT2D eigenvalue weighted by atomic mass is 32.1. The van der Waals surface area contributed by atoms with E-state index in [1.807, 2.05) is 37.3 Å². The van der Waals surface area contributed by atoms with Gasteiger partial charge < -0.3 is 9.15 Å². The maximum Gasteiger partial charge on any atom is 0.573 e. The summed E-state index contributed by atoms with van der Waals surface area (Å²) in [6, 6.07) is 19.3. The van der Waals surface area contributed by atoms with Gasteiger partial charge in [0.15, 0.2) is 17.3 Å². The molecule has 14 heteroatoms. The van der Waals surface area contributed by atoms with Crippen LogP contribution in [-0.2, 0) is 17.7 Å². The molecule has 2 heterocycles. The van der Waals surface area contributed by atoms with Gasteiger partial charge >= 0.3 is 24.1 Å². The van der Waals surface area contributed by atoms with E-state index in [1.165, 1.54) is 16.8 Å². The van der Waals surface area contributed by atoms with Crippen molar-refractivity contribution in [3.63, 3.8) is 0 Å². The number of halogens is 6. The maximum atomic E-state index is 13.8. The van der Waals surface area contributed by atoms with Crippen molar-refractivity contribution in [3.05, 3.63) is 95.6 Å². The monoisotopic (exact) mass is 647 g/mol. The average Bonchev–Trinajstić information content (AvgIpc) is 3.58. The lowest BCUT2D eigenvalue weighted by Gasteiger charge is -2.15. The van der Waals surface area contributed by atoms with Crippen LogP contribution in [0.1, 0.15) is 41.6 Å². The minimum atomic E-state index is -4.85. The zero-order chi connectivity index (χ0) is 32.5. The Labute approximate surface area is 256 Å². The van der Waals surface area contributed by atoms with Crippen LogP contribution in [0.3, 0.4) is 0 Å². The van der Waals surface area contributed by atoms with E-state index >= 15 is 0 Å². The van der Waals surface area contributed by atoms with Crippen LogP contribution in [0.2, 0.25) is 0 Å². The molecule has 6 rings (SSSR count). The summed E-state index contributed by atoms with van der Waals surface area (Å²) >= 11 is -0.750. The fourth-order valence-corrected chi connectivity index (χ4v) is 4.92. The summed E-state index contributed by atoms with van der Waals surface area (Å²) in [5, 5.41) is 3.98. The third-order valence-electron chi connectivity index (χ3n) is 6.94. The molecule has 0 aliphatic heterocycles. The molecule has 0 bridgehead atoms. The molecule has 1 fully saturated rings. The van der Waals surface area contributed by atoms with Gasteiger partial charge in [-0.05, 0) is 73.4 Å². The molecule has 1 saturated carbocycles. The summed E-state index contributed by atoms with van der Waals surface area (Å²) in [5.74, 6) is 0.0455. The van der Waals surface area contributed by atoms with Crippen molar-refractivity contribution in [2.45, 2.75) is 45.1 Å². The first-order valence-electron chi connectivity index (χ1n) is 13.4. The lowest BCUT2D eigenvalue weighted by atomic mass is 9.97. The fourth-order valence-electron chi connectivity index (χ4n) is 4.92. The van der Waals surface area contributed by atoms with Crippen molar-refractivity contribution in [2.24, 2.45) is 0 Å². The van der Waals surface area contributed by atoms with Crippen LogP contribution < -0.4 is 4.74 Å². The smallest absolute Gasteiger partial charge is 0.440 e. The topological polar surface area (TPSA) is 87.2 Å². The molecule has 234 valence electrons. The maximum absolute atomic E-state index is 13.8. The largest absolute Gasteiger partial charge is 0.573 e. The molecule has 1 aliphatic rings. The molecular weight excluding hydrogens is 624 g/mol.